The molecule has 6 aromatic rings. The molecule has 2 atom stereocenters. The number of esters is 1. The summed E-state index contributed by atoms with van der Waals surface area (Å²) in [7, 11) is 0. The maximum Gasteiger partial charge on any atom is 0.317 e. The van der Waals surface area contributed by atoms with Gasteiger partial charge in [-0.25, -0.2) is 0 Å². The highest BCUT2D eigenvalue weighted by Gasteiger charge is 2.28. The van der Waals surface area contributed by atoms with E-state index in [9.17, 15) is 24.6 Å². The van der Waals surface area contributed by atoms with Crippen molar-refractivity contribution in [2.24, 2.45) is 11.8 Å². The van der Waals surface area contributed by atoms with Crippen LogP contribution in [0.3, 0.4) is 0 Å². The molecule has 2 saturated heterocycles. The van der Waals surface area contributed by atoms with E-state index >= 15 is 0 Å². The molecule has 61 heavy (non-hydrogen) atoms. The predicted octanol–water partition coefficient (Wildman–Crippen LogP) is 7.06. The minimum Gasteiger partial charge on any atom is -0.506 e. The van der Waals surface area contributed by atoms with Gasteiger partial charge >= 0.3 is 5.97 Å². The van der Waals surface area contributed by atoms with E-state index < -0.39 is 12.0 Å². The Balaban J connectivity index is 0.858. The molecule has 1 amide bonds. The number of hydrogen-bond donors (Lipinski definition) is 4. The van der Waals surface area contributed by atoms with Gasteiger partial charge in [0.15, 0.2) is 0 Å². The highest BCUT2D eigenvalue weighted by molar-refractivity contribution is 5.93. The number of phenolic OH excluding ortho intramolecular Hbond substituents is 1. The molecule has 2 aliphatic rings. The highest BCUT2D eigenvalue weighted by Crippen LogP contribution is 2.32. The summed E-state index contributed by atoms with van der Waals surface area (Å²) < 4.78 is 6.10. The van der Waals surface area contributed by atoms with Crippen LogP contribution in [0.15, 0.2) is 132 Å². The standard InChI is InChI=1S/C50H53N5O6/c56-44-16-14-41(42-15-17-46(58)53-48(42)44)45(57)31-51-30-34-21-26-55(27-22-34)49(59)43-29-39(18-23-52-43)38-12-7-13-40(28-38)47(37-10-5-2-6-11-37)50(60)61-33-36-19-24-54(25-20-36)32-35-8-3-1-4-9-35/h1-18,23,28-29,34,36,45,47,51,56-57H,19-22,24-27,30-33H2,(H,53,58). The zero-order valence-corrected chi connectivity index (χ0v) is 34.3. The van der Waals surface area contributed by atoms with Gasteiger partial charge in [0, 0.05) is 43.8 Å². The number of amides is 1. The molecular formula is C50H53N5O6. The van der Waals surface area contributed by atoms with Gasteiger partial charge in [0.1, 0.15) is 17.4 Å². The van der Waals surface area contributed by atoms with E-state index in [0.29, 0.717) is 66.8 Å². The second-order valence-corrected chi connectivity index (χ2v) is 16.4. The third kappa shape index (κ3) is 10.3. The number of aromatic hydroxyl groups is 1. The summed E-state index contributed by atoms with van der Waals surface area (Å²) >= 11 is 0. The molecule has 4 aromatic carbocycles. The molecular weight excluding hydrogens is 767 g/mol. The number of fused-ring (bicyclic) bond motifs is 1. The molecule has 314 valence electrons. The number of aromatic nitrogens is 2. The number of aromatic amines is 1. The number of hydrogen-bond acceptors (Lipinski definition) is 9. The first-order valence-corrected chi connectivity index (χ1v) is 21.4. The van der Waals surface area contributed by atoms with Crippen LogP contribution >= 0.6 is 0 Å². The lowest BCUT2D eigenvalue weighted by molar-refractivity contribution is -0.146. The van der Waals surface area contributed by atoms with E-state index in [1.807, 2.05) is 77.7 Å². The Labute approximate surface area is 356 Å². The number of aliphatic hydroxyl groups is 1. The fraction of sp³-hybridized carbons (Fsp3) is 0.320. The first kappa shape index (κ1) is 41.6. The number of phenols is 1. The van der Waals surface area contributed by atoms with Crippen molar-refractivity contribution in [3.8, 4) is 16.9 Å². The Morgan fingerprint density at radius 3 is 2.26 bits per heavy atom. The molecule has 4 heterocycles. The predicted molar refractivity (Wildman–Crippen MR) is 236 cm³/mol. The van der Waals surface area contributed by atoms with Crippen molar-refractivity contribution in [3.63, 3.8) is 0 Å². The Hall–Kier alpha value is -6.14. The zero-order valence-electron chi connectivity index (χ0n) is 34.3. The molecule has 4 N–H and O–H groups in total. The monoisotopic (exact) mass is 819 g/mol. The Kier molecular flexibility index (Phi) is 13.3. The molecule has 0 bridgehead atoms. The highest BCUT2D eigenvalue weighted by atomic mass is 16.5. The van der Waals surface area contributed by atoms with E-state index in [4.69, 9.17) is 4.74 Å². The third-order valence-corrected chi connectivity index (χ3v) is 12.3. The average molecular weight is 820 g/mol. The number of carbonyl (C=O) groups excluding carboxylic acids is 2. The van der Waals surface area contributed by atoms with Gasteiger partial charge in [-0.3, -0.25) is 24.3 Å². The van der Waals surface area contributed by atoms with Crippen molar-refractivity contribution >= 4 is 22.8 Å². The number of H-pyrrole nitrogens is 1. The summed E-state index contributed by atoms with van der Waals surface area (Å²) in [5, 5.41) is 25.1. The van der Waals surface area contributed by atoms with Gasteiger partial charge in [0.2, 0.25) is 5.56 Å². The van der Waals surface area contributed by atoms with Crippen LogP contribution in [0.2, 0.25) is 0 Å². The number of carbonyl (C=O) groups is 2. The maximum absolute atomic E-state index is 14.0. The normalized spacial score (nSPS) is 16.3. The van der Waals surface area contributed by atoms with Gasteiger partial charge < -0.3 is 30.2 Å². The number of pyridine rings is 2. The lowest BCUT2D eigenvalue weighted by Gasteiger charge is -2.32. The third-order valence-electron chi connectivity index (χ3n) is 12.3. The van der Waals surface area contributed by atoms with E-state index in [2.05, 4.69) is 44.5 Å². The van der Waals surface area contributed by atoms with Crippen LogP contribution in [0, 0.1) is 11.8 Å². The molecule has 2 fully saturated rings. The largest absolute Gasteiger partial charge is 0.506 e. The van der Waals surface area contributed by atoms with E-state index in [1.165, 1.54) is 17.7 Å². The molecule has 2 aromatic heterocycles. The number of nitrogens with zero attached hydrogens (tertiary/aromatic N) is 3. The summed E-state index contributed by atoms with van der Waals surface area (Å²) in [4.78, 5) is 50.9. The second kappa shape index (κ2) is 19.5. The lowest BCUT2D eigenvalue weighted by Crippen LogP contribution is -2.41. The number of rotatable bonds is 14. The van der Waals surface area contributed by atoms with Crippen molar-refractivity contribution in [2.45, 2.75) is 44.2 Å². The van der Waals surface area contributed by atoms with Crippen LogP contribution in [0.5, 0.6) is 5.75 Å². The van der Waals surface area contributed by atoms with Gasteiger partial charge in [-0.2, -0.15) is 0 Å². The van der Waals surface area contributed by atoms with Crippen molar-refractivity contribution < 1.29 is 24.5 Å². The summed E-state index contributed by atoms with van der Waals surface area (Å²) in [6.45, 7) is 5.48. The number of benzene rings is 4. The molecule has 0 spiro atoms. The van der Waals surface area contributed by atoms with Crippen molar-refractivity contribution in [1.82, 2.24) is 25.1 Å². The number of aliphatic hydroxyl groups excluding tert-OH is 1. The van der Waals surface area contributed by atoms with Crippen LogP contribution in [0.25, 0.3) is 22.0 Å². The molecule has 8 rings (SSSR count). The number of ether oxygens (including phenoxy) is 1. The first-order valence-electron chi connectivity index (χ1n) is 21.4. The Bertz CT molecular complexity index is 2480. The summed E-state index contributed by atoms with van der Waals surface area (Å²) in [6.07, 6.45) is 4.43. The van der Waals surface area contributed by atoms with Gasteiger partial charge in [0.05, 0.1) is 18.2 Å². The molecule has 11 nitrogen and oxygen atoms in total. The first-order chi connectivity index (χ1) is 29.8. The van der Waals surface area contributed by atoms with Crippen molar-refractivity contribution in [2.75, 3.05) is 45.9 Å². The van der Waals surface area contributed by atoms with E-state index in [1.54, 1.807) is 18.3 Å². The summed E-state index contributed by atoms with van der Waals surface area (Å²) in [5.74, 6) is -0.372. The van der Waals surface area contributed by atoms with Crippen LogP contribution in [-0.2, 0) is 16.1 Å². The topological polar surface area (TPSA) is 148 Å². The summed E-state index contributed by atoms with van der Waals surface area (Å²) in [6, 6.07) is 38.1. The fourth-order valence-electron chi connectivity index (χ4n) is 8.76. The smallest absolute Gasteiger partial charge is 0.317 e. The fourth-order valence-corrected chi connectivity index (χ4v) is 8.76. The average Bonchev–Trinajstić information content (AvgIpc) is 3.30. The van der Waals surface area contributed by atoms with Gasteiger partial charge in [-0.1, -0.05) is 84.9 Å². The van der Waals surface area contributed by atoms with E-state index in [0.717, 1.165) is 67.6 Å². The molecule has 2 aliphatic heterocycles. The minimum atomic E-state index is -0.836. The van der Waals surface area contributed by atoms with E-state index in [-0.39, 0.29) is 23.2 Å². The van der Waals surface area contributed by atoms with Gasteiger partial charge in [0.25, 0.3) is 5.91 Å². The van der Waals surface area contributed by atoms with Gasteiger partial charge in [-0.05, 0) is 121 Å². The number of piperidine rings is 2. The summed E-state index contributed by atoms with van der Waals surface area (Å²) in [5.41, 5.74) is 5.71. The zero-order chi connectivity index (χ0) is 42.1. The molecule has 11 heteroatoms. The number of likely N-dealkylation sites (tertiary alicyclic amines) is 2. The van der Waals surface area contributed by atoms with Crippen molar-refractivity contribution in [3.05, 3.63) is 166 Å². The Morgan fingerprint density at radius 2 is 1.49 bits per heavy atom. The second-order valence-electron chi connectivity index (χ2n) is 16.4. The molecule has 2 unspecified atom stereocenters. The quantitative estimate of drug-likeness (QED) is 0.0849. The lowest BCUT2D eigenvalue weighted by atomic mass is 9.89. The van der Waals surface area contributed by atoms with Crippen LogP contribution in [-0.4, -0.2) is 87.7 Å². The molecule has 0 radical (unpaired) electrons. The molecule has 0 aliphatic carbocycles. The molecule has 0 saturated carbocycles. The van der Waals surface area contributed by atoms with Crippen LogP contribution in [0.4, 0.5) is 0 Å². The van der Waals surface area contributed by atoms with Crippen molar-refractivity contribution in [1.29, 1.82) is 0 Å². The van der Waals surface area contributed by atoms with Gasteiger partial charge in [-0.15, -0.1) is 0 Å². The van der Waals surface area contributed by atoms with Crippen LogP contribution in [0.1, 0.15) is 70.4 Å². The minimum absolute atomic E-state index is 0.0442. The van der Waals surface area contributed by atoms with Crippen LogP contribution < -0.4 is 10.9 Å². The number of nitrogens with one attached hydrogen (secondary N) is 2. The maximum atomic E-state index is 14.0. The SMILES string of the molecule is O=C(OCC1CCN(Cc2ccccc2)CC1)C(c1ccccc1)c1cccc(-c2ccnc(C(=O)N3CCC(CNCC(O)c4ccc(O)c5[nH]c(=O)ccc45)CC3)c2)c1. The Morgan fingerprint density at radius 1 is 0.787 bits per heavy atom.